The zero-order valence-electron chi connectivity index (χ0n) is 12.8. The summed E-state index contributed by atoms with van der Waals surface area (Å²) in [4.78, 5) is 0. The SMILES string of the molecule is SCCC1(SC2(CCS)CCC(S)CC2)CCC(S)CC1. The van der Waals surface area contributed by atoms with Crippen molar-refractivity contribution in [2.45, 2.75) is 84.2 Å². The van der Waals surface area contributed by atoms with E-state index in [-0.39, 0.29) is 0 Å². The van der Waals surface area contributed by atoms with Crippen LogP contribution in [0, 0.1) is 0 Å². The number of hydrogen-bond donors (Lipinski definition) is 4. The van der Waals surface area contributed by atoms with Gasteiger partial charge in [0.05, 0.1) is 0 Å². The van der Waals surface area contributed by atoms with Crippen LogP contribution in [0.4, 0.5) is 0 Å². The summed E-state index contributed by atoms with van der Waals surface area (Å²) in [6, 6.07) is 0. The summed E-state index contributed by atoms with van der Waals surface area (Å²) in [5.41, 5.74) is 0. The van der Waals surface area contributed by atoms with Crippen molar-refractivity contribution in [3.8, 4) is 0 Å². The Hall–Kier alpha value is 1.75. The number of hydrogen-bond acceptors (Lipinski definition) is 5. The fraction of sp³-hybridized carbons (Fsp3) is 1.00. The molecule has 0 N–H and O–H groups in total. The fourth-order valence-corrected chi connectivity index (χ4v) is 7.81. The van der Waals surface area contributed by atoms with Gasteiger partial charge in [-0.2, -0.15) is 50.5 Å². The predicted molar refractivity (Wildman–Crippen MR) is 112 cm³/mol. The van der Waals surface area contributed by atoms with Crippen molar-refractivity contribution < 1.29 is 0 Å². The summed E-state index contributed by atoms with van der Waals surface area (Å²) in [5.74, 6) is 2.02. The van der Waals surface area contributed by atoms with Crippen molar-refractivity contribution in [1.29, 1.82) is 0 Å². The second kappa shape index (κ2) is 8.73. The van der Waals surface area contributed by atoms with Gasteiger partial charge in [0, 0.05) is 20.0 Å². The summed E-state index contributed by atoms with van der Waals surface area (Å²) in [6.45, 7) is 0. The quantitative estimate of drug-likeness (QED) is 0.435. The molecule has 0 amide bonds. The molecule has 0 unspecified atom stereocenters. The Bertz CT molecular complexity index is 274. The van der Waals surface area contributed by atoms with Gasteiger partial charge in [-0.05, 0) is 75.7 Å². The molecule has 0 aliphatic heterocycles. The van der Waals surface area contributed by atoms with E-state index in [0.29, 0.717) is 20.0 Å². The predicted octanol–water partition coefficient (Wildman–Crippen LogP) is 5.58. The Morgan fingerprint density at radius 3 is 1.33 bits per heavy atom. The van der Waals surface area contributed by atoms with Gasteiger partial charge < -0.3 is 0 Å². The summed E-state index contributed by atoms with van der Waals surface area (Å²) in [7, 11) is 0. The molecule has 124 valence electrons. The van der Waals surface area contributed by atoms with Gasteiger partial charge in [0.15, 0.2) is 0 Å². The van der Waals surface area contributed by atoms with Crippen LogP contribution in [0.5, 0.6) is 0 Å². The van der Waals surface area contributed by atoms with E-state index in [1.165, 1.54) is 64.2 Å². The molecular weight excluding hydrogens is 353 g/mol. The molecule has 5 heteroatoms. The summed E-state index contributed by atoms with van der Waals surface area (Å²) in [5, 5.41) is 1.24. The van der Waals surface area contributed by atoms with E-state index in [0.717, 1.165) is 11.5 Å². The van der Waals surface area contributed by atoms with Crippen LogP contribution >= 0.6 is 62.3 Å². The zero-order chi connectivity index (χ0) is 15.3. The molecule has 2 aliphatic carbocycles. The Morgan fingerprint density at radius 1 is 0.714 bits per heavy atom. The van der Waals surface area contributed by atoms with Crippen LogP contribution in [0.25, 0.3) is 0 Å². The topological polar surface area (TPSA) is 0 Å². The Kier molecular flexibility index (Phi) is 7.93. The Morgan fingerprint density at radius 2 is 1.05 bits per heavy atom. The maximum absolute atomic E-state index is 4.70. The van der Waals surface area contributed by atoms with Gasteiger partial charge in [-0.25, -0.2) is 0 Å². The monoisotopic (exact) mass is 382 g/mol. The maximum Gasteiger partial charge on any atom is 0.0174 e. The van der Waals surface area contributed by atoms with Crippen LogP contribution in [0.2, 0.25) is 0 Å². The highest BCUT2D eigenvalue weighted by atomic mass is 32.2. The lowest BCUT2D eigenvalue weighted by atomic mass is 9.85. The van der Waals surface area contributed by atoms with E-state index >= 15 is 0 Å². The first-order valence-corrected chi connectivity index (χ1v) is 11.4. The second-order valence-corrected chi connectivity index (χ2v) is 11.2. The molecule has 0 heterocycles. The minimum Gasteiger partial charge on any atom is -0.179 e. The number of thiol groups is 4. The van der Waals surface area contributed by atoms with Crippen molar-refractivity contribution >= 4 is 62.3 Å². The molecule has 2 aliphatic rings. The smallest absolute Gasteiger partial charge is 0.0174 e. The Balaban J connectivity index is 2.08. The van der Waals surface area contributed by atoms with Crippen LogP contribution in [0.1, 0.15) is 64.2 Å². The van der Waals surface area contributed by atoms with Gasteiger partial charge in [-0.3, -0.25) is 0 Å². The largest absolute Gasteiger partial charge is 0.179 e. The van der Waals surface area contributed by atoms with Crippen LogP contribution in [0.3, 0.4) is 0 Å². The lowest BCUT2D eigenvalue weighted by Gasteiger charge is -2.48. The van der Waals surface area contributed by atoms with Gasteiger partial charge in [0.2, 0.25) is 0 Å². The van der Waals surface area contributed by atoms with Crippen molar-refractivity contribution in [3.05, 3.63) is 0 Å². The maximum atomic E-state index is 4.70. The van der Waals surface area contributed by atoms with Gasteiger partial charge in [0.1, 0.15) is 0 Å². The third-order valence-corrected chi connectivity index (χ3v) is 8.87. The molecular formula is C16H30S5. The van der Waals surface area contributed by atoms with E-state index < -0.39 is 0 Å². The van der Waals surface area contributed by atoms with E-state index in [1.807, 2.05) is 0 Å². The summed E-state index contributed by atoms with van der Waals surface area (Å²) in [6.07, 6.45) is 12.9. The normalized spacial score (nSPS) is 41.1. The third kappa shape index (κ3) is 5.37. The van der Waals surface area contributed by atoms with E-state index in [9.17, 15) is 0 Å². The molecule has 0 spiro atoms. The Labute approximate surface area is 157 Å². The highest BCUT2D eigenvalue weighted by Crippen LogP contribution is 2.55. The lowest BCUT2D eigenvalue weighted by molar-refractivity contribution is 0.365. The van der Waals surface area contributed by atoms with Crippen molar-refractivity contribution in [2.24, 2.45) is 0 Å². The third-order valence-electron chi connectivity index (χ3n) is 5.30. The molecule has 2 rings (SSSR count). The van der Waals surface area contributed by atoms with Crippen LogP contribution < -0.4 is 0 Å². The summed E-state index contributed by atoms with van der Waals surface area (Å²) < 4.78 is 0.903. The molecule has 0 nitrogen and oxygen atoms in total. The lowest BCUT2D eigenvalue weighted by Crippen LogP contribution is -2.41. The molecule has 2 saturated carbocycles. The zero-order valence-corrected chi connectivity index (χ0v) is 17.2. The molecule has 0 aromatic rings. The van der Waals surface area contributed by atoms with Crippen LogP contribution in [0.15, 0.2) is 0 Å². The van der Waals surface area contributed by atoms with Crippen molar-refractivity contribution in [1.82, 2.24) is 0 Å². The fourth-order valence-electron chi connectivity index (χ4n) is 3.93. The van der Waals surface area contributed by atoms with Gasteiger partial charge in [-0.1, -0.05) is 0 Å². The second-order valence-electron chi connectivity index (χ2n) is 6.88. The first-order valence-electron chi connectivity index (χ1n) is 8.31. The van der Waals surface area contributed by atoms with Crippen LogP contribution in [-0.4, -0.2) is 31.5 Å². The van der Waals surface area contributed by atoms with Gasteiger partial charge in [-0.15, -0.1) is 11.8 Å². The minimum absolute atomic E-state index is 0.452. The molecule has 0 bridgehead atoms. The van der Waals surface area contributed by atoms with Crippen molar-refractivity contribution in [3.63, 3.8) is 0 Å². The van der Waals surface area contributed by atoms with Gasteiger partial charge in [0.25, 0.3) is 0 Å². The molecule has 0 atom stereocenters. The molecule has 2 fully saturated rings. The molecule has 21 heavy (non-hydrogen) atoms. The van der Waals surface area contributed by atoms with Crippen LogP contribution in [-0.2, 0) is 0 Å². The van der Waals surface area contributed by atoms with E-state index in [4.69, 9.17) is 25.3 Å². The van der Waals surface area contributed by atoms with Crippen molar-refractivity contribution in [2.75, 3.05) is 11.5 Å². The average molecular weight is 383 g/mol. The standard InChI is InChI=1S/C16H30S5/c17-11-9-15(5-1-13(19)2-6-15)21-16(10-12-18)7-3-14(20)4-8-16/h13-14,17-20H,1-12H2. The average Bonchev–Trinajstić information content (AvgIpc) is 2.46. The molecule has 0 radical (unpaired) electrons. The number of thioether (sulfide) groups is 1. The molecule has 0 aromatic heterocycles. The minimum atomic E-state index is 0.452. The highest BCUT2D eigenvalue weighted by molar-refractivity contribution is 8.02. The van der Waals surface area contributed by atoms with E-state index in [2.05, 4.69) is 37.0 Å². The molecule has 0 saturated heterocycles. The van der Waals surface area contributed by atoms with E-state index in [1.54, 1.807) is 0 Å². The summed E-state index contributed by atoms with van der Waals surface area (Å²) >= 11 is 20.8. The first kappa shape index (κ1) is 19.1. The first-order chi connectivity index (χ1) is 10.0. The highest BCUT2D eigenvalue weighted by Gasteiger charge is 2.44. The van der Waals surface area contributed by atoms with Gasteiger partial charge >= 0.3 is 0 Å². The number of rotatable bonds is 6. The molecule has 0 aromatic carbocycles.